The van der Waals surface area contributed by atoms with Gasteiger partial charge in [-0.25, -0.2) is 8.78 Å². The molecule has 34 heavy (non-hydrogen) atoms. The fourth-order valence-corrected chi connectivity index (χ4v) is 3.89. The number of carbonyl (C=O) groups excluding carboxylic acids is 2. The number of amides is 2. The molecule has 1 aromatic heterocycles. The van der Waals surface area contributed by atoms with Crippen molar-refractivity contribution < 1.29 is 23.1 Å². The average Bonchev–Trinajstić information content (AvgIpc) is 2.85. The Kier molecular flexibility index (Phi) is 7.10. The molecule has 2 aromatic carbocycles. The molecular weight excluding hydrogens is 442 g/mol. The molecule has 0 saturated carbocycles. The van der Waals surface area contributed by atoms with Crippen molar-refractivity contribution >= 4 is 11.8 Å². The molecule has 4 rings (SSSR count). The van der Waals surface area contributed by atoms with Crippen LogP contribution < -0.4 is 10.1 Å². The Morgan fingerprint density at radius 3 is 2.56 bits per heavy atom. The number of halogens is 2. The van der Waals surface area contributed by atoms with E-state index in [9.17, 15) is 18.4 Å². The van der Waals surface area contributed by atoms with Crippen LogP contribution >= 0.6 is 0 Å². The first-order valence-electron chi connectivity index (χ1n) is 11.0. The lowest BCUT2D eigenvalue weighted by atomic mass is 9.99. The third-order valence-electron chi connectivity index (χ3n) is 5.64. The van der Waals surface area contributed by atoms with Crippen molar-refractivity contribution in [1.29, 1.82) is 0 Å². The molecule has 1 aliphatic heterocycles. The summed E-state index contributed by atoms with van der Waals surface area (Å²) in [5, 5.41) is 2.86. The Hall–Kier alpha value is -3.88. The summed E-state index contributed by atoms with van der Waals surface area (Å²) >= 11 is 0. The third-order valence-corrected chi connectivity index (χ3v) is 5.64. The van der Waals surface area contributed by atoms with Crippen LogP contribution in [0, 0.1) is 11.6 Å². The number of ether oxygens (including phenoxy) is 1. The zero-order chi connectivity index (χ0) is 24.1. The predicted molar refractivity (Wildman–Crippen MR) is 120 cm³/mol. The molecule has 3 aromatic rings. The summed E-state index contributed by atoms with van der Waals surface area (Å²) < 4.78 is 33.2. The van der Waals surface area contributed by atoms with Crippen LogP contribution in [0.3, 0.4) is 0 Å². The topological polar surface area (TPSA) is 84.4 Å². The summed E-state index contributed by atoms with van der Waals surface area (Å²) in [5.41, 5.74) is 2.01. The van der Waals surface area contributed by atoms with Crippen LogP contribution in [0.1, 0.15) is 29.4 Å². The van der Waals surface area contributed by atoms with Crippen LogP contribution in [-0.2, 0) is 35.5 Å². The minimum atomic E-state index is -1.07. The van der Waals surface area contributed by atoms with Crippen LogP contribution in [-0.4, -0.2) is 39.3 Å². The molecule has 2 amide bonds. The van der Waals surface area contributed by atoms with Crippen molar-refractivity contribution in [3.8, 4) is 5.75 Å². The van der Waals surface area contributed by atoms with Gasteiger partial charge in [0.2, 0.25) is 11.8 Å². The normalized spacial score (nSPS) is 14.9. The van der Waals surface area contributed by atoms with Crippen LogP contribution in [0.2, 0.25) is 0 Å². The van der Waals surface area contributed by atoms with Gasteiger partial charge in [-0.2, -0.15) is 0 Å². The summed E-state index contributed by atoms with van der Waals surface area (Å²) in [5.74, 6) is -2.21. The fraction of sp³-hybridized carbons (Fsp3) is 0.280. The monoisotopic (exact) mass is 466 g/mol. The molecular formula is C25H24F2N4O3. The van der Waals surface area contributed by atoms with Gasteiger partial charge in [-0.05, 0) is 30.7 Å². The lowest BCUT2D eigenvalue weighted by molar-refractivity contribution is -0.141. The van der Waals surface area contributed by atoms with E-state index in [2.05, 4.69) is 15.3 Å². The highest BCUT2D eigenvalue weighted by molar-refractivity contribution is 5.89. The summed E-state index contributed by atoms with van der Waals surface area (Å²) in [4.78, 5) is 36.2. The van der Waals surface area contributed by atoms with Crippen LogP contribution in [0.15, 0.2) is 54.9 Å². The zero-order valence-corrected chi connectivity index (χ0v) is 18.6. The van der Waals surface area contributed by atoms with Gasteiger partial charge in [-0.3, -0.25) is 19.6 Å². The van der Waals surface area contributed by atoms with Gasteiger partial charge in [0.1, 0.15) is 11.8 Å². The number of nitrogens with one attached hydrogen (secondary N) is 1. The standard InChI is InChI=1S/C25H24F2N4O3/c1-2-34-18-8-6-16(7-9-18)14-30-25(33)22-13-20-21(29-11-10-28-20)15-31(22)23(32)12-17-4-3-5-19(26)24(17)27/h3-11,22H,2,12-15H2,1H3,(H,30,33). The van der Waals surface area contributed by atoms with E-state index in [-0.39, 0.29) is 37.4 Å². The van der Waals surface area contributed by atoms with Gasteiger partial charge in [0.15, 0.2) is 11.6 Å². The van der Waals surface area contributed by atoms with Gasteiger partial charge < -0.3 is 15.0 Å². The van der Waals surface area contributed by atoms with Gasteiger partial charge >= 0.3 is 0 Å². The highest BCUT2D eigenvalue weighted by atomic mass is 19.2. The van der Waals surface area contributed by atoms with Crippen LogP contribution in [0.5, 0.6) is 5.75 Å². The second kappa shape index (κ2) is 10.4. The molecule has 9 heteroatoms. The zero-order valence-electron chi connectivity index (χ0n) is 18.6. The Bertz CT molecular complexity index is 1190. The maximum absolute atomic E-state index is 14.2. The van der Waals surface area contributed by atoms with Crippen LogP contribution in [0.25, 0.3) is 0 Å². The smallest absolute Gasteiger partial charge is 0.243 e. The lowest BCUT2D eigenvalue weighted by Gasteiger charge is -2.35. The second-order valence-corrected chi connectivity index (χ2v) is 7.88. The predicted octanol–water partition coefficient (Wildman–Crippen LogP) is 2.97. The largest absolute Gasteiger partial charge is 0.494 e. The molecule has 1 atom stereocenters. The van der Waals surface area contributed by atoms with Gasteiger partial charge in [-0.1, -0.05) is 24.3 Å². The summed E-state index contributed by atoms with van der Waals surface area (Å²) in [6.07, 6.45) is 2.85. The molecule has 7 nitrogen and oxygen atoms in total. The molecule has 176 valence electrons. The molecule has 1 N–H and O–H groups in total. The van der Waals surface area contributed by atoms with Crippen molar-refractivity contribution in [3.63, 3.8) is 0 Å². The van der Waals surface area contributed by atoms with E-state index in [1.165, 1.54) is 29.4 Å². The maximum atomic E-state index is 14.2. The maximum Gasteiger partial charge on any atom is 0.243 e. The van der Waals surface area contributed by atoms with E-state index in [0.29, 0.717) is 18.0 Å². The number of nitrogens with zero attached hydrogens (tertiary/aromatic N) is 3. The summed E-state index contributed by atoms with van der Waals surface area (Å²) in [6.45, 7) is 2.78. The van der Waals surface area contributed by atoms with Crippen molar-refractivity contribution in [1.82, 2.24) is 20.2 Å². The number of rotatable bonds is 7. The van der Waals surface area contributed by atoms with E-state index in [1.54, 1.807) is 0 Å². The Morgan fingerprint density at radius 1 is 1.09 bits per heavy atom. The number of fused-ring (bicyclic) bond motifs is 1. The lowest BCUT2D eigenvalue weighted by Crippen LogP contribution is -2.53. The Labute approximate surface area is 195 Å². The quantitative estimate of drug-likeness (QED) is 0.579. The Morgan fingerprint density at radius 2 is 1.82 bits per heavy atom. The molecule has 1 unspecified atom stereocenters. The van der Waals surface area contributed by atoms with Crippen molar-refractivity contribution in [2.45, 2.75) is 38.9 Å². The average molecular weight is 466 g/mol. The van der Waals surface area contributed by atoms with Gasteiger partial charge in [0, 0.05) is 30.9 Å². The Balaban J connectivity index is 1.50. The van der Waals surface area contributed by atoms with E-state index in [1.807, 2.05) is 31.2 Å². The summed E-state index contributed by atoms with van der Waals surface area (Å²) in [7, 11) is 0. The molecule has 0 aliphatic carbocycles. The summed E-state index contributed by atoms with van der Waals surface area (Å²) in [6, 6.07) is 10.2. The van der Waals surface area contributed by atoms with Crippen molar-refractivity contribution in [2.75, 3.05) is 6.61 Å². The number of benzene rings is 2. The number of aromatic nitrogens is 2. The van der Waals surface area contributed by atoms with Crippen LogP contribution in [0.4, 0.5) is 8.78 Å². The van der Waals surface area contributed by atoms with E-state index >= 15 is 0 Å². The molecule has 1 aliphatic rings. The van der Waals surface area contributed by atoms with Crippen molar-refractivity contribution in [2.24, 2.45) is 0 Å². The molecule has 0 fully saturated rings. The number of carbonyl (C=O) groups is 2. The first-order chi connectivity index (χ1) is 16.5. The molecule has 2 heterocycles. The van der Waals surface area contributed by atoms with Gasteiger partial charge in [-0.15, -0.1) is 0 Å². The van der Waals surface area contributed by atoms with Gasteiger partial charge in [0.05, 0.1) is 31.0 Å². The van der Waals surface area contributed by atoms with Crippen molar-refractivity contribution in [3.05, 3.63) is 89.0 Å². The SMILES string of the molecule is CCOc1ccc(CNC(=O)C2Cc3nccnc3CN2C(=O)Cc2cccc(F)c2F)cc1. The second-order valence-electron chi connectivity index (χ2n) is 7.88. The fourth-order valence-electron chi connectivity index (χ4n) is 3.89. The van der Waals surface area contributed by atoms with E-state index < -0.39 is 23.6 Å². The molecule has 0 bridgehead atoms. The number of hydrogen-bond acceptors (Lipinski definition) is 5. The highest BCUT2D eigenvalue weighted by Gasteiger charge is 2.36. The molecule has 0 spiro atoms. The minimum Gasteiger partial charge on any atom is -0.494 e. The van der Waals surface area contributed by atoms with Gasteiger partial charge in [0.25, 0.3) is 0 Å². The highest BCUT2D eigenvalue weighted by Crippen LogP contribution is 2.23. The molecule has 0 radical (unpaired) electrons. The third kappa shape index (κ3) is 5.19. The van der Waals surface area contributed by atoms with E-state index in [0.717, 1.165) is 17.4 Å². The first kappa shape index (κ1) is 23.3. The molecule has 0 saturated heterocycles. The first-order valence-corrected chi connectivity index (χ1v) is 11.0. The number of hydrogen-bond donors (Lipinski definition) is 1. The minimum absolute atomic E-state index is 0.0556. The van der Waals surface area contributed by atoms with E-state index in [4.69, 9.17) is 4.74 Å².